The van der Waals surface area contributed by atoms with E-state index in [0.29, 0.717) is 6.61 Å². The predicted octanol–water partition coefficient (Wildman–Crippen LogP) is 2.70. The van der Waals surface area contributed by atoms with Crippen molar-refractivity contribution in [1.82, 2.24) is 0 Å². The summed E-state index contributed by atoms with van der Waals surface area (Å²) in [6, 6.07) is 0. The van der Waals surface area contributed by atoms with Crippen molar-refractivity contribution in [2.75, 3.05) is 19.8 Å². The van der Waals surface area contributed by atoms with Crippen molar-refractivity contribution in [1.29, 1.82) is 0 Å². The number of unbranched alkanes of at least 4 members (excludes halogenated alkanes) is 3. The number of carbonyl (C=O) groups excluding carboxylic acids is 1. The number of carbonyl (C=O) groups is 1. The average Bonchev–Trinajstić information content (AvgIpc) is 2.26. The average molecular weight is 214 g/mol. The third kappa shape index (κ3) is 11.1. The fraction of sp³-hybridized carbons (Fsp3) is 0.750. The van der Waals surface area contributed by atoms with Crippen LogP contribution in [0.2, 0.25) is 0 Å². The second-order valence-electron chi connectivity index (χ2n) is 3.40. The van der Waals surface area contributed by atoms with Crippen LogP contribution in [-0.4, -0.2) is 25.8 Å². The van der Waals surface area contributed by atoms with E-state index < -0.39 is 0 Å². The van der Waals surface area contributed by atoms with Crippen molar-refractivity contribution in [3.8, 4) is 0 Å². The highest BCUT2D eigenvalue weighted by atomic mass is 16.5. The summed E-state index contributed by atoms with van der Waals surface area (Å²) in [4.78, 5) is 10.7. The maximum atomic E-state index is 10.7. The lowest BCUT2D eigenvalue weighted by molar-refractivity contribution is -0.137. The van der Waals surface area contributed by atoms with Gasteiger partial charge in [0.25, 0.3) is 0 Å². The lowest BCUT2D eigenvalue weighted by Crippen LogP contribution is -2.02. The van der Waals surface area contributed by atoms with E-state index in [4.69, 9.17) is 9.47 Å². The third-order valence-corrected chi connectivity index (χ3v) is 1.94. The molecule has 0 amide bonds. The predicted molar refractivity (Wildman–Crippen MR) is 60.7 cm³/mol. The molecule has 0 N–H and O–H groups in total. The van der Waals surface area contributed by atoms with E-state index >= 15 is 0 Å². The molecular formula is C12H22O3. The molecule has 0 saturated heterocycles. The Hall–Kier alpha value is -0.830. The standard InChI is InChI=1S/C12H22O3/c1-3-9-14-10-7-5-6-8-11-15-12(13)4-2/h4H,2-3,5-11H2,1H3. The van der Waals surface area contributed by atoms with E-state index in [1.807, 2.05) is 0 Å². The van der Waals surface area contributed by atoms with Gasteiger partial charge in [0.05, 0.1) is 6.61 Å². The first-order chi connectivity index (χ1) is 7.31. The normalized spacial score (nSPS) is 9.93. The van der Waals surface area contributed by atoms with Crippen LogP contribution in [0, 0.1) is 0 Å². The molecule has 0 saturated carbocycles. The van der Waals surface area contributed by atoms with Gasteiger partial charge in [-0.25, -0.2) is 4.79 Å². The molecule has 0 rings (SSSR count). The Bertz CT molecular complexity index is 166. The molecule has 0 aromatic carbocycles. The number of ether oxygens (including phenoxy) is 2. The highest BCUT2D eigenvalue weighted by Gasteiger charge is 1.95. The fourth-order valence-electron chi connectivity index (χ4n) is 1.14. The summed E-state index contributed by atoms with van der Waals surface area (Å²) in [5.74, 6) is -0.332. The maximum absolute atomic E-state index is 10.7. The SMILES string of the molecule is C=CC(=O)OCCCCCCOCCC. The van der Waals surface area contributed by atoms with Crippen LogP contribution in [0.3, 0.4) is 0 Å². The van der Waals surface area contributed by atoms with E-state index in [1.165, 1.54) is 6.08 Å². The molecule has 15 heavy (non-hydrogen) atoms. The van der Waals surface area contributed by atoms with Gasteiger partial charge < -0.3 is 9.47 Å². The molecule has 0 spiro atoms. The van der Waals surface area contributed by atoms with Crippen LogP contribution in [0.15, 0.2) is 12.7 Å². The first-order valence-electron chi connectivity index (χ1n) is 5.68. The molecule has 0 heterocycles. The number of esters is 1. The minimum atomic E-state index is -0.332. The van der Waals surface area contributed by atoms with Crippen molar-refractivity contribution in [2.24, 2.45) is 0 Å². The summed E-state index contributed by atoms with van der Waals surface area (Å²) < 4.78 is 10.2. The largest absolute Gasteiger partial charge is 0.463 e. The van der Waals surface area contributed by atoms with Crippen molar-refractivity contribution in [3.05, 3.63) is 12.7 Å². The van der Waals surface area contributed by atoms with Crippen LogP contribution in [0.4, 0.5) is 0 Å². The van der Waals surface area contributed by atoms with E-state index in [1.54, 1.807) is 0 Å². The Kier molecular flexibility index (Phi) is 10.6. The van der Waals surface area contributed by atoms with Gasteiger partial charge >= 0.3 is 5.97 Å². The molecule has 0 aromatic rings. The van der Waals surface area contributed by atoms with Crippen LogP contribution in [0.25, 0.3) is 0 Å². The number of hydrogen-bond donors (Lipinski definition) is 0. The zero-order valence-electron chi connectivity index (χ0n) is 9.67. The van der Waals surface area contributed by atoms with E-state index in [-0.39, 0.29) is 5.97 Å². The minimum Gasteiger partial charge on any atom is -0.463 e. The fourth-order valence-corrected chi connectivity index (χ4v) is 1.14. The zero-order valence-corrected chi connectivity index (χ0v) is 9.67. The molecule has 0 fully saturated rings. The van der Waals surface area contributed by atoms with Crippen molar-refractivity contribution in [3.63, 3.8) is 0 Å². The monoisotopic (exact) mass is 214 g/mol. The summed E-state index contributed by atoms with van der Waals surface area (Å²) in [6.07, 6.45) is 6.51. The molecule has 0 aromatic heterocycles. The molecule has 0 atom stereocenters. The molecule has 0 bridgehead atoms. The summed E-state index contributed by atoms with van der Waals surface area (Å²) in [5.41, 5.74) is 0. The summed E-state index contributed by atoms with van der Waals surface area (Å²) in [5, 5.41) is 0. The van der Waals surface area contributed by atoms with Gasteiger partial charge in [-0.1, -0.05) is 19.9 Å². The summed E-state index contributed by atoms with van der Waals surface area (Å²) >= 11 is 0. The van der Waals surface area contributed by atoms with Gasteiger partial charge in [0.2, 0.25) is 0 Å². The van der Waals surface area contributed by atoms with Crippen LogP contribution in [0.5, 0.6) is 0 Å². The van der Waals surface area contributed by atoms with Crippen molar-refractivity contribution < 1.29 is 14.3 Å². The molecule has 0 radical (unpaired) electrons. The smallest absolute Gasteiger partial charge is 0.330 e. The van der Waals surface area contributed by atoms with Gasteiger partial charge in [-0.05, 0) is 25.7 Å². The van der Waals surface area contributed by atoms with Crippen molar-refractivity contribution in [2.45, 2.75) is 39.0 Å². The van der Waals surface area contributed by atoms with E-state index in [9.17, 15) is 4.79 Å². The van der Waals surface area contributed by atoms with Crippen LogP contribution < -0.4 is 0 Å². The Labute approximate surface area is 92.5 Å². The summed E-state index contributed by atoms with van der Waals surface area (Å²) in [6.45, 7) is 7.64. The first kappa shape index (κ1) is 14.2. The zero-order chi connectivity index (χ0) is 11.4. The minimum absolute atomic E-state index is 0.332. The van der Waals surface area contributed by atoms with Gasteiger partial charge in [0, 0.05) is 19.3 Å². The molecular weight excluding hydrogens is 192 g/mol. The second-order valence-corrected chi connectivity index (χ2v) is 3.40. The van der Waals surface area contributed by atoms with Gasteiger partial charge in [-0.15, -0.1) is 0 Å². The Morgan fingerprint density at radius 2 is 1.80 bits per heavy atom. The first-order valence-corrected chi connectivity index (χ1v) is 5.68. The van der Waals surface area contributed by atoms with Crippen molar-refractivity contribution >= 4 is 5.97 Å². The highest BCUT2D eigenvalue weighted by molar-refractivity contribution is 5.81. The lowest BCUT2D eigenvalue weighted by Gasteiger charge is -2.03. The van der Waals surface area contributed by atoms with Crippen LogP contribution >= 0.6 is 0 Å². The summed E-state index contributed by atoms with van der Waals surface area (Å²) in [7, 11) is 0. The molecule has 0 aliphatic rings. The Balaban J connectivity index is 2.98. The number of rotatable bonds is 10. The quantitative estimate of drug-likeness (QED) is 0.318. The van der Waals surface area contributed by atoms with Crippen LogP contribution in [-0.2, 0) is 14.3 Å². The Morgan fingerprint density at radius 3 is 2.40 bits per heavy atom. The highest BCUT2D eigenvalue weighted by Crippen LogP contribution is 2.00. The van der Waals surface area contributed by atoms with Gasteiger partial charge in [0.15, 0.2) is 0 Å². The topological polar surface area (TPSA) is 35.5 Å². The molecule has 88 valence electrons. The van der Waals surface area contributed by atoms with E-state index in [2.05, 4.69) is 13.5 Å². The second kappa shape index (κ2) is 11.2. The molecule has 3 heteroatoms. The molecule has 0 unspecified atom stereocenters. The van der Waals surface area contributed by atoms with Gasteiger partial charge in [0.1, 0.15) is 0 Å². The van der Waals surface area contributed by atoms with Gasteiger partial charge in [-0.2, -0.15) is 0 Å². The number of hydrogen-bond acceptors (Lipinski definition) is 3. The lowest BCUT2D eigenvalue weighted by atomic mass is 10.2. The Morgan fingerprint density at radius 1 is 1.13 bits per heavy atom. The third-order valence-electron chi connectivity index (χ3n) is 1.94. The molecule has 3 nitrogen and oxygen atoms in total. The molecule has 0 aliphatic carbocycles. The van der Waals surface area contributed by atoms with E-state index in [0.717, 1.165) is 45.3 Å². The van der Waals surface area contributed by atoms with Gasteiger partial charge in [-0.3, -0.25) is 0 Å². The molecule has 0 aliphatic heterocycles. The maximum Gasteiger partial charge on any atom is 0.330 e. The van der Waals surface area contributed by atoms with Crippen LogP contribution in [0.1, 0.15) is 39.0 Å².